The molecule has 0 aromatic heterocycles. The lowest BCUT2D eigenvalue weighted by Gasteiger charge is -2.30. The number of para-hydroxylation sites is 1. The van der Waals surface area contributed by atoms with Crippen LogP contribution in [-0.2, 0) is 10.1 Å². The van der Waals surface area contributed by atoms with Crippen molar-refractivity contribution < 1.29 is 22.3 Å². The Hall–Kier alpha value is -1.15. The lowest BCUT2D eigenvalue weighted by Crippen LogP contribution is -2.55. The van der Waals surface area contributed by atoms with Crippen molar-refractivity contribution >= 4 is 10.1 Å². The Kier molecular flexibility index (Phi) is 5.52. The molecule has 6 nitrogen and oxygen atoms in total. The molecule has 1 atom stereocenters. The average Bonchev–Trinajstić information content (AvgIpc) is 2.26. The molecule has 0 saturated carbocycles. The van der Waals surface area contributed by atoms with E-state index in [4.69, 9.17) is 4.74 Å². The van der Waals surface area contributed by atoms with Crippen LogP contribution in [0.1, 0.15) is 19.8 Å². The summed E-state index contributed by atoms with van der Waals surface area (Å²) < 4.78 is 38.1. The average molecular weight is 303 g/mol. The minimum atomic E-state index is -4.30. The van der Waals surface area contributed by atoms with E-state index < -0.39 is 10.1 Å². The van der Waals surface area contributed by atoms with Gasteiger partial charge in [-0.1, -0.05) is 25.5 Å². The van der Waals surface area contributed by atoms with Crippen LogP contribution in [0.2, 0.25) is 0 Å². The van der Waals surface area contributed by atoms with E-state index in [1.54, 1.807) is 6.07 Å². The molecule has 7 heteroatoms. The number of rotatable bonds is 7. The molecule has 2 N–H and O–H groups in total. The number of hydrogen-bond donors (Lipinski definition) is 2. The monoisotopic (exact) mass is 303 g/mol. The normalized spacial score (nSPS) is 14.1. The van der Waals surface area contributed by atoms with E-state index >= 15 is 0 Å². The predicted molar refractivity (Wildman–Crippen MR) is 76.7 cm³/mol. The summed E-state index contributed by atoms with van der Waals surface area (Å²) in [5, 5.41) is 0. The second kappa shape index (κ2) is 6.53. The van der Waals surface area contributed by atoms with Gasteiger partial charge in [0.15, 0.2) is 6.23 Å². The number of hydrogen-bond acceptors (Lipinski definition) is 4. The third-order valence-electron chi connectivity index (χ3n) is 2.48. The Labute approximate surface area is 120 Å². The van der Waals surface area contributed by atoms with Gasteiger partial charge in [0.05, 0.1) is 21.1 Å². The van der Waals surface area contributed by atoms with Gasteiger partial charge in [0, 0.05) is 6.42 Å². The first-order valence-corrected chi connectivity index (χ1v) is 7.90. The summed E-state index contributed by atoms with van der Waals surface area (Å²) in [6.07, 6.45) is 1.25. The van der Waals surface area contributed by atoms with Gasteiger partial charge in [-0.2, -0.15) is 8.42 Å². The van der Waals surface area contributed by atoms with Gasteiger partial charge in [0.2, 0.25) is 0 Å². The van der Waals surface area contributed by atoms with E-state index in [-0.39, 0.29) is 16.9 Å². The van der Waals surface area contributed by atoms with Crippen LogP contribution in [0.25, 0.3) is 0 Å². The summed E-state index contributed by atoms with van der Waals surface area (Å²) in [6.45, 7) is 2.02. The van der Waals surface area contributed by atoms with Gasteiger partial charge in [-0.25, -0.2) is 4.59 Å². The highest BCUT2D eigenvalue weighted by Gasteiger charge is 2.22. The number of quaternary nitrogens is 1. The van der Waals surface area contributed by atoms with Crippen LogP contribution in [0.5, 0.6) is 5.75 Å². The summed E-state index contributed by atoms with van der Waals surface area (Å²) in [6, 6.07) is 6.06. The van der Waals surface area contributed by atoms with Crippen molar-refractivity contribution in [2.24, 2.45) is 0 Å². The van der Waals surface area contributed by atoms with Crippen LogP contribution >= 0.6 is 0 Å². The van der Waals surface area contributed by atoms with Crippen LogP contribution in [-0.4, -0.2) is 44.9 Å². The molecule has 114 valence electrons. The Morgan fingerprint density at radius 1 is 1.30 bits per heavy atom. The molecular weight excluding hydrogens is 280 g/mol. The standard InChI is InChI=1S/C13H22N2O4S/c1-5-8-13(14-15(2,3)4)19-11-9-6-7-10-12(11)20(16,17)18/h6-7,9-10,13-14H,5,8H2,1-4H3/p+1. The molecule has 0 aliphatic heterocycles. The first kappa shape index (κ1) is 16.9. The van der Waals surface area contributed by atoms with Gasteiger partial charge in [-0.15, -0.1) is 5.43 Å². The Morgan fingerprint density at radius 2 is 1.90 bits per heavy atom. The smallest absolute Gasteiger partial charge is 0.298 e. The molecule has 0 amide bonds. The Bertz CT molecular complexity index is 538. The van der Waals surface area contributed by atoms with E-state index in [1.807, 2.05) is 28.1 Å². The van der Waals surface area contributed by atoms with E-state index in [1.165, 1.54) is 18.2 Å². The Morgan fingerprint density at radius 3 is 2.40 bits per heavy atom. The van der Waals surface area contributed by atoms with E-state index in [2.05, 4.69) is 5.43 Å². The van der Waals surface area contributed by atoms with Crippen LogP contribution in [0.15, 0.2) is 29.2 Å². The van der Waals surface area contributed by atoms with Crippen molar-refractivity contribution in [3.8, 4) is 5.75 Å². The molecule has 20 heavy (non-hydrogen) atoms. The third-order valence-corrected chi connectivity index (χ3v) is 3.37. The molecule has 1 aromatic rings. The molecule has 1 aromatic carbocycles. The quantitative estimate of drug-likeness (QED) is 0.347. The maximum Gasteiger partial charge on any atom is 0.298 e. The second-order valence-corrected chi connectivity index (χ2v) is 6.85. The zero-order valence-corrected chi connectivity index (χ0v) is 13.1. The number of benzene rings is 1. The van der Waals surface area contributed by atoms with Crippen molar-refractivity contribution in [2.75, 3.05) is 21.1 Å². The fraction of sp³-hybridized carbons (Fsp3) is 0.538. The van der Waals surface area contributed by atoms with Crippen molar-refractivity contribution in [3.63, 3.8) is 0 Å². The van der Waals surface area contributed by atoms with Crippen LogP contribution in [0.3, 0.4) is 0 Å². The van der Waals surface area contributed by atoms with E-state index in [9.17, 15) is 13.0 Å². The molecular formula is C13H23N2O4S+. The summed E-state index contributed by atoms with van der Waals surface area (Å²) in [7, 11) is 1.54. The highest BCUT2D eigenvalue weighted by molar-refractivity contribution is 7.86. The van der Waals surface area contributed by atoms with Crippen LogP contribution < -0.4 is 10.2 Å². The van der Waals surface area contributed by atoms with E-state index in [0.717, 1.165) is 12.8 Å². The van der Waals surface area contributed by atoms with Gasteiger partial charge in [-0.05, 0) is 12.1 Å². The Balaban J connectivity index is 3.00. The maximum absolute atomic E-state index is 11.3. The minimum Gasteiger partial charge on any atom is -0.469 e. The molecule has 0 aliphatic carbocycles. The lowest BCUT2D eigenvalue weighted by atomic mass is 10.3. The molecule has 1 unspecified atom stereocenters. The second-order valence-electron chi connectivity index (χ2n) is 5.46. The van der Waals surface area contributed by atoms with Gasteiger partial charge in [0.1, 0.15) is 10.6 Å². The topological polar surface area (TPSA) is 75.6 Å². The first-order valence-electron chi connectivity index (χ1n) is 6.46. The lowest BCUT2D eigenvalue weighted by molar-refractivity contribution is -0.921. The summed E-state index contributed by atoms with van der Waals surface area (Å²) in [5.41, 5.74) is 3.22. The molecule has 1 rings (SSSR count). The number of ether oxygens (including phenoxy) is 1. The van der Waals surface area contributed by atoms with Crippen LogP contribution in [0.4, 0.5) is 0 Å². The SMILES string of the molecule is CCCC(N[N+](C)(C)C)Oc1ccccc1S(=O)(=O)O. The first-order chi connectivity index (χ1) is 9.13. The molecule has 0 bridgehead atoms. The molecule has 0 aliphatic rings. The van der Waals surface area contributed by atoms with Crippen molar-refractivity contribution in [3.05, 3.63) is 24.3 Å². The molecule has 0 spiro atoms. The van der Waals surface area contributed by atoms with Crippen molar-refractivity contribution in [1.82, 2.24) is 5.43 Å². The van der Waals surface area contributed by atoms with Crippen molar-refractivity contribution in [2.45, 2.75) is 30.9 Å². The molecule has 0 saturated heterocycles. The fourth-order valence-corrected chi connectivity index (χ4v) is 2.38. The largest absolute Gasteiger partial charge is 0.469 e. The number of nitrogens with zero attached hydrogens (tertiary/aromatic N) is 1. The highest BCUT2D eigenvalue weighted by atomic mass is 32.2. The zero-order valence-electron chi connectivity index (χ0n) is 12.3. The van der Waals surface area contributed by atoms with E-state index in [0.29, 0.717) is 4.59 Å². The van der Waals surface area contributed by atoms with Gasteiger partial charge in [0.25, 0.3) is 10.1 Å². The van der Waals surface area contributed by atoms with Crippen molar-refractivity contribution in [1.29, 1.82) is 0 Å². The molecule has 0 radical (unpaired) electrons. The third kappa shape index (κ3) is 5.46. The van der Waals surface area contributed by atoms with Gasteiger partial charge >= 0.3 is 0 Å². The maximum atomic E-state index is 11.3. The number of nitrogens with one attached hydrogen (secondary N) is 1. The van der Waals surface area contributed by atoms with Gasteiger partial charge in [-0.3, -0.25) is 4.55 Å². The molecule has 0 fully saturated rings. The van der Waals surface area contributed by atoms with Crippen LogP contribution in [0, 0.1) is 0 Å². The fourth-order valence-electron chi connectivity index (χ4n) is 1.76. The minimum absolute atomic E-state index is 0.148. The van der Waals surface area contributed by atoms with Gasteiger partial charge < -0.3 is 4.74 Å². The highest BCUT2D eigenvalue weighted by Crippen LogP contribution is 2.24. The summed E-state index contributed by atoms with van der Waals surface area (Å²) in [4.78, 5) is -0.218. The summed E-state index contributed by atoms with van der Waals surface area (Å²) in [5.74, 6) is 0.148. The molecule has 0 heterocycles. The zero-order chi connectivity index (χ0) is 15.4. The predicted octanol–water partition coefficient (Wildman–Crippen LogP) is 1.65. The summed E-state index contributed by atoms with van der Waals surface area (Å²) >= 11 is 0.